The summed E-state index contributed by atoms with van der Waals surface area (Å²) in [4.78, 5) is 20.8. The van der Waals surface area contributed by atoms with Gasteiger partial charge in [-0.2, -0.15) is 0 Å². The van der Waals surface area contributed by atoms with E-state index in [1.165, 1.54) is 0 Å². The third kappa shape index (κ3) is 3.98. The molecule has 1 heterocycles. The average Bonchev–Trinajstić information content (AvgIpc) is 2.44. The van der Waals surface area contributed by atoms with Crippen LogP contribution in [0.3, 0.4) is 0 Å². The van der Waals surface area contributed by atoms with Crippen molar-refractivity contribution in [2.75, 3.05) is 13.2 Å². The van der Waals surface area contributed by atoms with E-state index >= 15 is 0 Å². The van der Waals surface area contributed by atoms with E-state index in [1.54, 1.807) is 18.2 Å². The Morgan fingerprint density at radius 1 is 1.10 bits per heavy atom. The Bertz CT molecular complexity index is 653. The smallest absolute Gasteiger partial charge is 0.338 e. The van der Waals surface area contributed by atoms with E-state index in [1.807, 2.05) is 27.7 Å². The minimum Gasteiger partial charge on any atom is -0.460 e. The molecule has 0 aliphatic heterocycles. The van der Waals surface area contributed by atoms with Gasteiger partial charge in [0, 0.05) is 0 Å². The number of rotatable bonds is 5. The fraction of sp³-hybridized carbons (Fsp3) is 0.438. The summed E-state index contributed by atoms with van der Waals surface area (Å²) in [5.41, 5.74) is 3.70. The van der Waals surface area contributed by atoms with Gasteiger partial charge in [-0.1, -0.05) is 0 Å². The van der Waals surface area contributed by atoms with Gasteiger partial charge in [0.1, 0.15) is 6.61 Å². The number of nitrogens with zero attached hydrogens (tertiary/aromatic N) is 2. The van der Waals surface area contributed by atoms with Gasteiger partial charge >= 0.3 is 5.97 Å². The maximum atomic E-state index is 12.0. The standard InChI is InChI=1S/C16H20N2O3/c1-10(2)20-7-8-21-16(19)13-5-6-14-15(9-13)18-12(4)11(3)17-14/h5-6,9-10H,7-8H2,1-4H3. The van der Waals surface area contributed by atoms with E-state index in [0.29, 0.717) is 17.7 Å². The van der Waals surface area contributed by atoms with E-state index in [0.717, 1.165) is 16.9 Å². The number of hydrogen-bond acceptors (Lipinski definition) is 5. The van der Waals surface area contributed by atoms with Crippen molar-refractivity contribution in [2.45, 2.75) is 33.8 Å². The van der Waals surface area contributed by atoms with Crippen LogP contribution in [0.15, 0.2) is 18.2 Å². The second kappa shape index (κ2) is 6.63. The number of aromatic nitrogens is 2. The van der Waals surface area contributed by atoms with E-state index in [4.69, 9.17) is 9.47 Å². The van der Waals surface area contributed by atoms with Crippen molar-refractivity contribution < 1.29 is 14.3 Å². The predicted molar refractivity (Wildman–Crippen MR) is 80.4 cm³/mol. The van der Waals surface area contributed by atoms with Crippen molar-refractivity contribution in [3.05, 3.63) is 35.2 Å². The number of aryl methyl sites for hydroxylation is 2. The molecule has 1 aromatic carbocycles. The van der Waals surface area contributed by atoms with E-state index in [-0.39, 0.29) is 18.7 Å². The van der Waals surface area contributed by atoms with Gasteiger partial charge in [0.2, 0.25) is 0 Å². The second-order valence-electron chi connectivity index (χ2n) is 5.15. The van der Waals surface area contributed by atoms with Crippen molar-refractivity contribution in [1.82, 2.24) is 9.97 Å². The van der Waals surface area contributed by atoms with Crippen LogP contribution < -0.4 is 0 Å². The van der Waals surface area contributed by atoms with Crippen LogP contribution in [0.25, 0.3) is 11.0 Å². The predicted octanol–water partition coefficient (Wildman–Crippen LogP) is 2.83. The first kappa shape index (κ1) is 15.4. The third-order valence-corrected chi connectivity index (χ3v) is 3.08. The molecule has 2 aromatic rings. The Labute approximate surface area is 124 Å². The molecular weight excluding hydrogens is 268 g/mol. The monoisotopic (exact) mass is 288 g/mol. The number of esters is 1. The van der Waals surface area contributed by atoms with Crippen molar-refractivity contribution >= 4 is 17.0 Å². The van der Waals surface area contributed by atoms with Crippen LogP contribution in [0, 0.1) is 13.8 Å². The Hall–Kier alpha value is -2.01. The zero-order valence-corrected chi connectivity index (χ0v) is 12.8. The summed E-state index contributed by atoms with van der Waals surface area (Å²) in [6.07, 6.45) is 0.130. The fourth-order valence-corrected chi connectivity index (χ4v) is 1.86. The molecule has 0 saturated carbocycles. The molecule has 5 nitrogen and oxygen atoms in total. The number of carbonyl (C=O) groups excluding carboxylic acids is 1. The molecular formula is C16H20N2O3. The number of fused-ring (bicyclic) bond motifs is 1. The lowest BCUT2D eigenvalue weighted by atomic mass is 10.2. The SMILES string of the molecule is Cc1nc2ccc(C(=O)OCCOC(C)C)cc2nc1C. The van der Waals surface area contributed by atoms with Crippen LogP contribution in [0.2, 0.25) is 0 Å². The zero-order chi connectivity index (χ0) is 15.4. The second-order valence-corrected chi connectivity index (χ2v) is 5.15. The lowest BCUT2D eigenvalue weighted by Crippen LogP contribution is -2.13. The van der Waals surface area contributed by atoms with Gasteiger partial charge in [0.05, 0.1) is 40.7 Å². The van der Waals surface area contributed by atoms with Crippen LogP contribution in [0.1, 0.15) is 35.6 Å². The van der Waals surface area contributed by atoms with Crippen molar-refractivity contribution in [2.24, 2.45) is 0 Å². The summed E-state index contributed by atoms with van der Waals surface area (Å²) in [5, 5.41) is 0. The highest BCUT2D eigenvalue weighted by Gasteiger charge is 2.10. The summed E-state index contributed by atoms with van der Waals surface area (Å²) in [7, 11) is 0. The van der Waals surface area contributed by atoms with Crippen LogP contribution in [-0.2, 0) is 9.47 Å². The lowest BCUT2D eigenvalue weighted by Gasteiger charge is -2.09. The molecule has 21 heavy (non-hydrogen) atoms. The van der Waals surface area contributed by atoms with Crippen molar-refractivity contribution in [3.63, 3.8) is 0 Å². The van der Waals surface area contributed by atoms with E-state index < -0.39 is 0 Å². The van der Waals surface area contributed by atoms with Gasteiger partial charge in [-0.15, -0.1) is 0 Å². The van der Waals surface area contributed by atoms with Gasteiger partial charge in [-0.3, -0.25) is 0 Å². The Morgan fingerprint density at radius 3 is 2.43 bits per heavy atom. The molecule has 5 heteroatoms. The quantitative estimate of drug-likeness (QED) is 0.625. The first-order valence-corrected chi connectivity index (χ1v) is 7.01. The maximum absolute atomic E-state index is 12.0. The summed E-state index contributed by atoms with van der Waals surface area (Å²) in [6, 6.07) is 5.20. The lowest BCUT2D eigenvalue weighted by molar-refractivity contribution is 0.0177. The van der Waals surface area contributed by atoms with E-state index in [9.17, 15) is 4.79 Å². The molecule has 1 aromatic heterocycles. The molecule has 0 fully saturated rings. The first-order chi connectivity index (χ1) is 9.97. The molecule has 0 N–H and O–H groups in total. The zero-order valence-electron chi connectivity index (χ0n) is 12.8. The molecule has 0 bridgehead atoms. The van der Waals surface area contributed by atoms with Crippen LogP contribution in [-0.4, -0.2) is 35.3 Å². The summed E-state index contributed by atoms with van der Waals surface area (Å²) in [5.74, 6) is -0.371. The summed E-state index contributed by atoms with van der Waals surface area (Å²) < 4.78 is 10.5. The van der Waals surface area contributed by atoms with Crippen molar-refractivity contribution in [3.8, 4) is 0 Å². The van der Waals surface area contributed by atoms with Gasteiger partial charge in [0.15, 0.2) is 0 Å². The van der Waals surface area contributed by atoms with Crippen LogP contribution in [0.5, 0.6) is 0 Å². The molecule has 0 saturated heterocycles. The topological polar surface area (TPSA) is 61.3 Å². The molecule has 2 rings (SSSR count). The van der Waals surface area contributed by atoms with Gasteiger partial charge in [0.25, 0.3) is 0 Å². The van der Waals surface area contributed by atoms with Crippen LogP contribution in [0.4, 0.5) is 0 Å². The molecule has 0 amide bonds. The normalized spacial score (nSPS) is 11.1. The number of benzene rings is 1. The average molecular weight is 288 g/mol. The molecule has 0 radical (unpaired) electrons. The minimum atomic E-state index is -0.371. The van der Waals surface area contributed by atoms with Gasteiger partial charge in [-0.05, 0) is 45.9 Å². The molecule has 0 aliphatic carbocycles. The molecule has 0 unspecified atom stereocenters. The fourth-order valence-electron chi connectivity index (χ4n) is 1.86. The number of carbonyl (C=O) groups is 1. The highest BCUT2D eigenvalue weighted by molar-refractivity contribution is 5.93. The summed E-state index contributed by atoms with van der Waals surface area (Å²) in [6.45, 7) is 8.33. The highest BCUT2D eigenvalue weighted by atomic mass is 16.6. The molecule has 0 atom stereocenters. The summed E-state index contributed by atoms with van der Waals surface area (Å²) >= 11 is 0. The van der Waals surface area contributed by atoms with Crippen molar-refractivity contribution in [1.29, 1.82) is 0 Å². The van der Waals surface area contributed by atoms with Crippen LogP contribution >= 0.6 is 0 Å². The molecule has 112 valence electrons. The third-order valence-electron chi connectivity index (χ3n) is 3.08. The number of hydrogen-bond donors (Lipinski definition) is 0. The van der Waals surface area contributed by atoms with Gasteiger partial charge in [-0.25, -0.2) is 14.8 Å². The Morgan fingerprint density at radius 2 is 1.76 bits per heavy atom. The minimum absolute atomic E-state index is 0.130. The Kier molecular flexibility index (Phi) is 4.85. The van der Waals surface area contributed by atoms with Gasteiger partial charge < -0.3 is 9.47 Å². The maximum Gasteiger partial charge on any atom is 0.338 e. The number of ether oxygens (including phenoxy) is 2. The molecule has 0 spiro atoms. The first-order valence-electron chi connectivity index (χ1n) is 7.01. The van der Waals surface area contributed by atoms with E-state index in [2.05, 4.69) is 9.97 Å². The molecule has 0 aliphatic rings. The Balaban J connectivity index is 2.08. The largest absolute Gasteiger partial charge is 0.460 e. The highest BCUT2D eigenvalue weighted by Crippen LogP contribution is 2.15.